The van der Waals surface area contributed by atoms with Crippen LogP contribution in [0.1, 0.15) is 25.6 Å². The Balaban J connectivity index is 1.42. The molecule has 1 fully saturated rings. The first kappa shape index (κ1) is 13.2. The van der Waals surface area contributed by atoms with Gasteiger partial charge in [0.15, 0.2) is 5.65 Å². The van der Waals surface area contributed by atoms with Crippen LogP contribution >= 0.6 is 0 Å². The molecule has 0 amide bonds. The average Bonchev–Trinajstić information content (AvgIpc) is 3.10. The van der Waals surface area contributed by atoms with Crippen molar-refractivity contribution in [3.63, 3.8) is 0 Å². The number of anilines is 1. The molecule has 0 saturated carbocycles. The number of fused-ring (bicyclic) bond motifs is 1. The van der Waals surface area contributed by atoms with Crippen molar-refractivity contribution in [1.29, 1.82) is 0 Å². The molecule has 3 aromatic heterocycles. The normalized spacial score (nSPS) is 15.7. The molecular formula is C15H19N7. The molecule has 0 aliphatic carbocycles. The van der Waals surface area contributed by atoms with E-state index in [1.807, 2.05) is 18.3 Å². The molecular weight excluding hydrogens is 278 g/mol. The SMILES string of the molecule is CC(C)c1nccn1CC1CN(c2ccc3nncn3n2)C1. The third-order valence-corrected chi connectivity index (χ3v) is 4.15. The Morgan fingerprint density at radius 1 is 1.27 bits per heavy atom. The van der Waals surface area contributed by atoms with E-state index < -0.39 is 0 Å². The van der Waals surface area contributed by atoms with Gasteiger partial charge in [0, 0.05) is 43.9 Å². The quantitative estimate of drug-likeness (QED) is 0.731. The molecule has 0 unspecified atom stereocenters. The summed E-state index contributed by atoms with van der Waals surface area (Å²) in [4.78, 5) is 6.74. The molecule has 0 bridgehead atoms. The summed E-state index contributed by atoms with van der Waals surface area (Å²) in [7, 11) is 0. The molecule has 4 rings (SSSR count). The highest BCUT2D eigenvalue weighted by atomic mass is 15.4. The monoisotopic (exact) mass is 297 g/mol. The number of nitrogens with zero attached hydrogens (tertiary/aromatic N) is 7. The molecule has 0 radical (unpaired) electrons. The van der Waals surface area contributed by atoms with Crippen LogP contribution in [-0.2, 0) is 6.54 Å². The zero-order valence-electron chi connectivity index (χ0n) is 12.8. The van der Waals surface area contributed by atoms with Gasteiger partial charge in [0.05, 0.1) is 0 Å². The van der Waals surface area contributed by atoms with Crippen LogP contribution in [0.3, 0.4) is 0 Å². The van der Waals surface area contributed by atoms with Crippen molar-refractivity contribution in [3.8, 4) is 0 Å². The van der Waals surface area contributed by atoms with Crippen molar-refractivity contribution >= 4 is 11.5 Å². The number of imidazole rings is 1. The third-order valence-electron chi connectivity index (χ3n) is 4.15. The Hall–Kier alpha value is -2.44. The van der Waals surface area contributed by atoms with Crippen LogP contribution in [0.5, 0.6) is 0 Å². The molecule has 0 spiro atoms. The minimum atomic E-state index is 0.462. The maximum Gasteiger partial charge on any atom is 0.177 e. The second kappa shape index (κ2) is 5.08. The van der Waals surface area contributed by atoms with E-state index in [2.05, 4.69) is 49.8 Å². The van der Waals surface area contributed by atoms with Crippen molar-refractivity contribution in [3.05, 3.63) is 36.7 Å². The molecule has 114 valence electrons. The zero-order valence-corrected chi connectivity index (χ0v) is 12.8. The molecule has 22 heavy (non-hydrogen) atoms. The largest absolute Gasteiger partial charge is 0.354 e. The van der Waals surface area contributed by atoms with Crippen LogP contribution in [0.4, 0.5) is 5.82 Å². The van der Waals surface area contributed by atoms with Gasteiger partial charge in [0.25, 0.3) is 0 Å². The van der Waals surface area contributed by atoms with Crippen LogP contribution < -0.4 is 4.90 Å². The average molecular weight is 297 g/mol. The summed E-state index contributed by atoms with van der Waals surface area (Å²) in [6, 6.07) is 3.96. The van der Waals surface area contributed by atoms with E-state index in [1.165, 1.54) is 5.82 Å². The van der Waals surface area contributed by atoms with Crippen molar-refractivity contribution in [2.24, 2.45) is 5.92 Å². The smallest absolute Gasteiger partial charge is 0.177 e. The van der Waals surface area contributed by atoms with E-state index in [0.29, 0.717) is 11.8 Å². The molecule has 1 aliphatic heterocycles. The lowest BCUT2D eigenvalue weighted by atomic mass is 10.00. The molecule has 1 saturated heterocycles. The van der Waals surface area contributed by atoms with Crippen molar-refractivity contribution < 1.29 is 0 Å². The lowest BCUT2D eigenvalue weighted by molar-refractivity contribution is 0.348. The number of aromatic nitrogens is 6. The van der Waals surface area contributed by atoms with Gasteiger partial charge in [-0.3, -0.25) is 0 Å². The maximum absolute atomic E-state index is 4.53. The van der Waals surface area contributed by atoms with Crippen LogP contribution in [-0.4, -0.2) is 42.5 Å². The van der Waals surface area contributed by atoms with Gasteiger partial charge in [-0.05, 0) is 12.1 Å². The van der Waals surface area contributed by atoms with Crippen LogP contribution in [0.25, 0.3) is 5.65 Å². The first-order chi connectivity index (χ1) is 10.7. The Labute approximate surface area is 128 Å². The van der Waals surface area contributed by atoms with Gasteiger partial charge in [-0.1, -0.05) is 13.8 Å². The summed E-state index contributed by atoms with van der Waals surface area (Å²) in [5.41, 5.74) is 0.779. The lowest BCUT2D eigenvalue weighted by Crippen LogP contribution is -2.49. The Bertz CT molecular complexity index is 782. The predicted molar refractivity (Wildman–Crippen MR) is 82.8 cm³/mol. The fourth-order valence-corrected chi connectivity index (χ4v) is 3.01. The molecule has 7 nitrogen and oxygen atoms in total. The van der Waals surface area contributed by atoms with Crippen molar-refractivity contribution in [2.75, 3.05) is 18.0 Å². The minimum Gasteiger partial charge on any atom is -0.354 e. The fourth-order valence-electron chi connectivity index (χ4n) is 3.01. The summed E-state index contributed by atoms with van der Waals surface area (Å²) in [6.07, 6.45) is 5.61. The highest BCUT2D eigenvalue weighted by Gasteiger charge is 2.29. The van der Waals surface area contributed by atoms with Gasteiger partial charge >= 0.3 is 0 Å². The number of rotatable bonds is 4. The summed E-state index contributed by atoms with van der Waals surface area (Å²) in [5.74, 6) is 3.26. The van der Waals surface area contributed by atoms with Gasteiger partial charge in [0.1, 0.15) is 18.0 Å². The van der Waals surface area contributed by atoms with Crippen molar-refractivity contribution in [1.82, 2.24) is 29.4 Å². The van der Waals surface area contributed by atoms with E-state index >= 15 is 0 Å². The summed E-state index contributed by atoms with van der Waals surface area (Å²) in [6.45, 7) is 7.44. The van der Waals surface area contributed by atoms with E-state index in [4.69, 9.17) is 0 Å². The van der Waals surface area contributed by atoms with E-state index in [9.17, 15) is 0 Å². The zero-order chi connectivity index (χ0) is 15.1. The summed E-state index contributed by atoms with van der Waals surface area (Å²) < 4.78 is 4.00. The Kier molecular flexibility index (Phi) is 3.06. The van der Waals surface area contributed by atoms with Crippen LogP contribution in [0.15, 0.2) is 30.9 Å². The fraction of sp³-hybridized carbons (Fsp3) is 0.467. The maximum atomic E-state index is 4.53. The molecule has 4 heterocycles. The predicted octanol–water partition coefficient (Wildman–Crippen LogP) is 1.58. The molecule has 3 aromatic rings. The number of hydrogen-bond donors (Lipinski definition) is 0. The van der Waals surface area contributed by atoms with Gasteiger partial charge in [0.2, 0.25) is 0 Å². The molecule has 0 aromatic carbocycles. The highest BCUT2D eigenvalue weighted by molar-refractivity contribution is 5.46. The van der Waals surface area contributed by atoms with Gasteiger partial charge in [-0.2, -0.15) is 4.52 Å². The van der Waals surface area contributed by atoms with E-state index in [-0.39, 0.29) is 0 Å². The Morgan fingerprint density at radius 3 is 2.95 bits per heavy atom. The van der Waals surface area contributed by atoms with E-state index in [0.717, 1.165) is 31.1 Å². The first-order valence-electron chi connectivity index (χ1n) is 7.64. The molecule has 1 aliphatic rings. The van der Waals surface area contributed by atoms with Crippen LogP contribution in [0, 0.1) is 5.92 Å². The van der Waals surface area contributed by atoms with Crippen molar-refractivity contribution in [2.45, 2.75) is 26.3 Å². The summed E-state index contributed by atoms with van der Waals surface area (Å²) >= 11 is 0. The van der Waals surface area contributed by atoms with Gasteiger partial charge in [-0.15, -0.1) is 15.3 Å². The standard InChI is InChI=1S/C15H19N7/c1-11(2)15-16-5-6-20(15)7-12-8-21(9-12)14-4-3-13-18-17-10-22(13)19-14/h3-6,10-12H,7-9H2,1-2H3. The Morgan fingerprint density at radius 2 is 2.14 bits per heavy atom. The second-order valence-electron chi connectivity index (χ2n) is 6.19. The molecule has 0 N–H and O–H groups in total. The summed E-state index contributed by atoms with van der Waals surface area (Å²) in [5, 5.41) is 12.4. The molecule has 0 atom stereocenters. The van der Waals surface area contributed by atoms with Crippen LogP contribution in [0.2, 0.25) is 0 Å². The third kappa shape index (κ3) is 2.22. The molecule has 7 heteroatoms. The lowest BCUT2D eigenvalue weighted by Gasteiger charge is -2.40. The first-order valence-corrected chi connectivity index (χ1v) is 7.64. The van der Waals surface area contributed by atoms with E-state index in [1.54, 1.807) is 10.8 Å². The van der Waals surface area contributed by atoms with Gasteiger partial charge in [-0.25, -0.2) is 4.98 Å². The highest BCUT2D eigenvalue weighted by Crippen LogP contribution is 2.25. The minimum absolute atomic E-state index is 0.462. The second-order valence-corrected chi connectivity index (χ2v) is 6.19. The topological polar surface area (TPSA) is 64.1 Å². The van der Waals surface area contributed by atoms with Gasteiger partial charge < -0.3 is 9.47 Å². The number of hydrogen-bond acceptors (Lipinski definition) is 5.